The summed E-state index contributed by atoms with van der Waals surface area (Å²) in [6.07, 6.45) is 0. The molecule has 0 saturated heterocycles. The molecule has 2 N–H and O–H groups in total. The molecule has 20 heavy (non-hydrogen) atoms. The van der Waals surface area contributed by atoms with E-state index in [0.717, 1.165) is 0 Å². The van der Waals surface area contributed by atoms with Crippen LogP contribution in [0.1, 0.15) is 26.3 Å². The summed E-state index contributed by atoms with van der Waals surface area (Å²) in [5.74, 6) is -0.586. The van der Waals surface area contributed by atoms with Gasteiger partial charge in [-0.3, -0.25) is 14.5 Å². The molecule has 2 aromatic carbocycles. The van der Waals surface area contributed by atoms with E-state index in [2.05, 4.69) is 0 Å². The summed E-state index contributed by atoms with van der Waals surface area (Å²) >= 11 is 6.09. The van der Waals surface area contributed by atoms with Crippen LogP contribution in [0.15, 0.2) is 42.5 Å². The van der Waals surface area contributed by atoms with E-state index < -0.39 is 0 Å². The van der Waals surface area contributed by atoms with Crippen LogP contribution < -0.4 is 5.73 Å². The third-order valence-corrected chi connectivity index (χ3v) is 3.64. The van der Waals surface area contributed by atoms with Crippen molar-refractivity contribution in [2.24, 2.45) is 0 Å². The Morgan fingerprint density at radius 1 is 1.00 bits per heavy atom. The van der Waals surface area contributed by atoms with Crippen molar-refractivity contribution in [1.29, 1.82) is 0 Å². The van der Waals surface area contributed by atoms with Crippen LogP contribution in [-0.2, 0) is 6.54 Å². The maximum absolute atomic E-state index is 12.2. The number of nitrogens with zero attached hydrogens (tertiary/aromatic N) is 1. The molecule has 100 valence electrons. The average Bonchev–Trinajstić information content (AvgIpc) is 2.67. The fourth-order valence-corrected chi connectivity index (χ4v) is 2.49. The molecule has 0 atom stereocenters. The lowest BCUT2D eigenvalue weighted by Crippen LogP contribution is -2.29. The van der Waals surface area contributed by atoms with E-state index in [9.17, 15) is 9.59 Å². The van der Waals surface area contributed by atoms with Crippen molar-refractivity contribution in [2.45, 2.75) is 6.54 Å². The molecule has 4 nitrogen and oxygen atoms in total. The third-order valence-electron chi connectivity index (χ3n) is 3.28. The Morgan fingerprint density at radius 2 is 1.60 bits per heavy atom. The Morgan fingerprint density at radius 3 is 2.15 bits per heavy atom. The molecule has 0 fully saturated rings. The molecule has 0 saturated carbocycles. The number of rotatable bonds is 2. The zero-order chi connectivity index (χ0) is 14.3. The number of carbonyl (C=O) groups excluding carboxylic acids is 2. The normalized spacial score (nSPS) is 13.8. The molecular formula is C15H11ClN2O2. The number of fused-ring (bicyclic) bond motifs is 1. The predicted octanol–water partition coefficient (Wildman–Crippen LogP) is 2.72. The van der Waals surface area contributed by atoms with Gasteiger partial charge in [-0.25, -0.2) is 0 Å². The van der Waals surface area contributed by atoms with Crippen molar-refractivity contribution in [3.8, 4) is 0 Å². The number of anilines is 1. The molecule has 0 unspecified atom stereocenters. The molecule has 1 aliphatic rings. The number of hydrogen-bond donors (Lipinski definition) is 1. The number of benzene rings is 2. The summed E-state index contributed by atoms with van der Waals surface area (Å²) in [6.45, 7) is 0.144. The highest BCUT2D eigenvalue weighted by molar-refractivity contribution is 6.31. The van der Waals surface area contributed by atoms with Gasteiger partial charge in [0.2, 0.25) is 0 Å². The van der Waals surface area contributed by atoms with Crippen LogP contribution in [-0.4, -0.2) is 16.7 Å². The number of amides is 2. The van der Waals surface area contributed by atoms with Crippen molar-refractivity contribution < 1.29 is 9.59 Å². The van der Waals surface area contributed by atoms with Crippen molar-refractivity contribution in [1.82, 2.24) is 4.90 Å². The Balaban J connectivity index is 1.94. The fourth-order valence-electron chi connectivity index (χ4n) is 2.24. The molecular weight excluding hydrogens is 276 g/mol. The highest BCUT2D eigenvalue weighted by atomic mass is 35.5. The lowest BCUT2D eigenvalue weighted by Gasteiger charge is -2.15. The largest absolute Gasteiger partial charge is 0.399 e. The molecule has 2 aromatic rings. The van der Waals surface area contributed by atoms with Gasteiger partial charge >= 0.3 is 0 Å². The lowest BCUT2D eigenvalue weighted by atomic mass is 10.1. The van der Waals surface area contributed by atoms with Crippen molar-refractivity contribution in [3.63, 3.8) is 0 Å². The quantitative estimate of drug-likeness (QED) is 0.682. The lowest BCUT2D eigenvalue weighted by molar-refractivity contribution is 0.0642. The third kappa shape index (κ3) is 1.94. The van der Waals surface area contributed by atoms with Crippen LogP contribution in [0.4, 0.5) is 5.69 Å². The predicted molar refractivity (Wildman–Crippen MR) is 76.5 cm³/mol. The van der Waals surface area contributed by atoms with Gasteiger partial charge in [-0.05, 0) is 29.8 Å². The number of imide groups is 1. The SMILES string of the molecule is Nc1ccc(CN2C(=O)c3ccccc3C2=O)c(Cl)c1. The first-order valence-corrected chi connectivity index (χ1v) is 6.45. The average molecular weight is 287 g/mol. The van der Waals surface area contributed by atoms with Gasteiger partial charge in [-0.1, -0.05) is 29.8 Å². The first kappa shape index (κ1) is 12.7. The van der Waals surface area contributed by atoms with Gasteiger partial charge < -0.3 is 5.73 Å². The van der Waals surface area contributed by atoms with E-state index in [1.165, 1.54) is 4.90 Å². The Hall–Kier alpha value is -2.33. The van der Waals surface area contributed by atoms with Crippen LogP contribution in [0.25, 0.3) is 0 Å². The van der Waals surface area contributed by atoms with E-state index in [4.69, 9.17) is 17.3 Å². The summed E-state index contributed by atoms with van der Waals surface area (Å²) in [6, 6.07) is 11.8. The molecule has 0 aromatic heterocycles. The number of hydrogen-bond acceptors (Lipinski definition) is 3. The first-order valence-electron chi connectivity index (χ1n) is 6.07. The Labute approximate surface area is 120 Å². The minimum atomic E-state index is -0.293. The number of nitrogens with two attached hydrogens (primary N) is 1. The van der Waals surface area contributed by atoms with Crippen LogP contribution >= 0.6 is 11.6 Å². The molecule has 3 rings (SSSR count). The molecule has 0 spiro atoms. The summed E-state index contributed by atoms with van der Waals surface area (Å²) in [4.78, 5) is 25.7. The minimum Gasteiger partial charge on any atom is -0.399 e. The first-order chi connectivity index (χ1) is 9.58. The number of carbonyl (C=O) groups is 2. The zero-order valence-electron chi connectivity index (χ0n) is 10.5. The molecule has 2 amide bonds. The van der Waals surface area contributed by atoms with Gasteiger partial charge in [0, 0.05) is 10.7 Å². The maximum atomic E-state index is 12.2. The Bertz CT molecular complexity index is 693. The second-order valence-electron chi connectivity index (χ2n) is 4.59. The Kier molecular flexibility index (Phi) is 2.95. The monoisotopic (exact) mass is 286 g/mol. The number of nitrogen functional groups attached to an aromatic ring is 1. The van der Waals surface area contributed by atoms with E-state index in [0.29, 0.717) is 27.4 Å². The van der Waals surface area contributed by atoms with E-state index in [1.54, 1.807) is 42.5 Å². The van der Waals surface area contributed by atoms with Gasteiger partial charge in [0.05, 0.1) is 17.7 Å². The summed E-state index contributed by atoms with van der Waals surface area (Å²) < 4.78 is 0. The van der Waals surface area contributed by atoms with Crippen LogP contribution in [0, 0.1) is 0 Å². The van der Waals surface area contributed by atoms with E-state index >= 15 is 0 Å². The summed E-state index contributed by atoms with van der Waals surface area (Å²) in [7, 11) is 0. The smallest absolute Gasteiger partial charge is 0.261 e. The molecule has 1 heterocycles. The molecule has 0 radical (unpaired) electrons. The fraction of sp³-hybridized carbons (Fsp3) is 0.0667. The van der Waals surface area contributed by atoms with Crippen molar-refractivity contribution >= 4 is 29.1 Å². The molecule has 1 aliphatic heterocycles. The highest BCUT2D eigenvalue weighted by Gasteiger charge is 2.35. The van der Waals surface area contributed by atoms with Gasteiger partial charge in [-0.15, -0.1) is 0 Å². The van der Waals surface area contributed by atoms with Gasteiger partial charge in [0.25, 0.3) is 11.8 Å². The van der Waals surface area contributed by atoms with Gasteiger partial charge in [-0.2, -0.15) is 0 Å². The van der Waals surface area contributed by atoms with E-state index in [1.807, 2.05) is 0 Å². The molecule has 0 bridgehead atoms. The summed E-state index contributed by atoms with van der Waals surface area (Å²) in [5, 5.41) is 0.446. The zero-order valence-corrected chi connectivity index (χ0v) is 11.2. The second kappa shape index (κ2) is 4.65. The van der Waals surface area contributed by atoms with Crippen LogP contribution in [0.3, 0.4) is 0 Å². The van der Waals surface area contributed by atoms with Crippen molar-refractivity contribution in [2.75, 3.05) is 5.73 Å². The topological polar surface area (TPSA) is 63.4 Å². The molecule has 5 heteroatoms. The minimum absolute atomic E-state index is 0.144. The standard InChI is InChI=1S/C15H11ClN2O2/c16-13-7-10(17)6-5-9(13)8-18-14(19)11-3-1-2-4-12(11)15(18)20/h1-7H,8,17H2. The highest BCUT2D eigenvalue weighted by Crippen LogP contribution is 2.27. The number of halogens is 1. The van der Waals surface area contributed by atoms with Crippen LogP contribution in [0.5, 0.6) is 0 Å². The molecule has 0 aliphatic carbocycles. The van der Waals surface area contributed by atoms with Crippen molar-refractivity contribution in [3.05, 3.63) is 64.2 Å². The second-order valence-corrected chi connectivity index (χ2v) is 5.00. The van der Waals surface area contributed by atoms with Crippen LogP contribution in [0.2, 0.25) is 5.02 Å². The van der Waals surface area contributed by atoms with Gasteiger partial charge in [0.15, 0.2) is 0 Å². The van der Waals surface area contributed by atoms with E-state index in [-0.39, 0.29) is 18.4 Å². The maximum Gasteiger partial charge on any atom is 0.261 e. The van der Waals surface area contributed by atoms with Gasteiger partial charge in [0.1, 0.15) is 0 Å². The summed E-state index contributed by atoms with van der Waals surface area (Å²) in [5.41, 5.74) is 7.73.